The van der Waals surface area contributed by atoms with Crippen LogP contribution in [-0.2, 0) is 31.1 Å². The van der Waals surface area contributed by atoms with Gasteiger partial charge in [-0.3, -0.25) is 9.11 Å². The molecule has 7 rings (SSSR count). The summed E-state index contributed by atoms with van der Waals surface area (Å²) in [6.07, 6.45) is 10.1. The predicted octanol–water partition coefficient (Wildman–Crippen LogP) is 8.73. The van der Waals surface area contributed by atoms with Crippen LogP contribution in [-0.4, -0.2) is 45.7 Å². The molecule has 4 aromatic carbocycles. The molecule has 2 heterocycles. The fraction of sp³-hybridized carbons (Fsp3) is 0.233. The Labute approximate surface area is 318 Å². The summed E-state index contributed by atoms with van der Waals surface area (Å²) in [5.74, 6) is 0. The van der Waals surface area contributed by atoms with Crippen molar-refractivity contribution in [3.05, 3.63) is 155 Å². The van der Waals surface area contributed by atoms with Gasteiger partial charge in [0.1, 0.15) is 0 Å². The van der Waals surface area contributed by atoms with Crippen molar-refractivity contribution in [2.45, 2.75) is 61.2 Å². The van der Waals surface area contributed by atoms with Crippen LogP contribution in [0.25, 0.3) is 0 Å². The Morgan fingerprint density at radius 2 is 0.944 bits per heavy atom. The van der Waals surface area contributed by atoms with Gasteiger partial charge in [0.15, 0.2) is 0 Å². The maximum absolute atomic E-state index is 12.0. The zero-order valence-electron chi connectivity index (χ0n) is 31.1. The summed E-state index contributed by atoms with van der Waals surface area (Å²) in [5, 5.41) is 0. The molecule has 4 aromatic rings. The van der Waals surface area contributed by atoms with E-state index in [0.29, 0.717) is 0 Å². The summed E-state index contributed by atoms with van der Waals surface area (Å²) >= 11 is 0. The molecule has 0 saturated heterocycles. The van der Waals surface area contributed by atoms with Gasteiger partial charge in [-0.2, -0.15) is 21.4 Å². The van der Waals surface area contributed by atoms with Crippen LogP contribution in [0.3, 0.4) is 0 Å². The van der Waals surface area contributed by atoms with Crippen molar-refractivity contribution in [3.8, 4) is 0 Å². The molecule has 9 nitrogen and oxygen atoms in total. The second kappa shape index (κ2) is 13.3. The highest BCUT2D eigenvalue weighted by molar-refractivity contribution is 7.86. The van der Waals surface area contributed by atoms with Crippen molar-refractivity contribution in [1.82, 2.24) is 4.58 Å². The molecule has 2 N–H and O–H groups in total. The van der Waals surface area contributed by atoms with Crippen LogP contribution in [0.15, 0.2) is 154 Å². The molecular formula is C43H44N3O6S2+. The van der Waals surface area contributed by atoms with Crippen molar-refractivity contribution in [2.24, 2.45) is 0 Å². The Morgan fingerprint density at radius 1 is 0.574 bits per heavy atom. The molecule has 1 fully saturated rings. The van der Waals surface area contributed by atoms with Gasteiger partial charge in [-0.05, 0) is 72.5 Å². The lowest BCUT2D eigenvalue weighted by Gasteiger charge is -2.24. The van der Waals surface area contributed by atoms with E-state index in [1.807, 2.05) is 50.5 Å². The van der Waals surface area contributed by atoms with Crippen molar-refractivity contribution in [2.75, 3.05) is 23.9 Å². The molecule has 11 heteroatoms. The standard InChI is InChI=1S/C43H43N3O6S2/c1-42(2)35-27-33(53(47,48)49)21-23-37(35)44(5)39(42)25-19-29-17-18-30(41(29)46(31-13-9-7-10-14-31)32-15-11-8-12-16-32)20-26-40-43(3,4)36-28-34(54(50,51)52)22-24-38(36)45(40)6/h7-16,19-28H,17-18H2,1-6H3,(H-,47,48,49,50,51,52)/p+1. The average Bonchev–Trinajstić information content (AvgIpc) is 3.67. The molecule has 1 saturated carbocycles. The van der Waals surface area contributed by atoms with E-state index in [4.69, 9.17) is 0 Å². The van der Waals surface area contributed by atoms with Crippen LogP contribution in [0.1, 0.15) is 51.7 Å². The van der Waals surface area contributed by atoms with Crippen molar-refractivity contribution in [1.29, 1.82) is 0 Å². The zero-order chi connectivity index (χ0) is 38.8. The number of rotatable bonds is 6. The Balaban J connectivity index is 1.39. The van der Waals surface area contributed by atoms with Crippen LogP contribution < -0.4 is 14.4 Å². The summed E-state index contributed by atoms with van der Waals surface area (Å²) in [5.41, 5.74) is 9.56. The number of likely N-dealkylation sites (N-methyl/N-ethyl adjacent to an activating group) is 2. The van der Waals surface area contributed by atoms with Gasteiger partial charge in [0, 0.05) is 83.1 Å². The van der Waals surface area contributed by atoms with E-state index < -0.39 is 31.1 Å². The second-order valence-corrected chi connectivity index (χ2v) is 17.9. The van der Waals surface area contributed by atoms with E-state index in [9.17, 15) is 25.9 Å². The summed E-state index contributed by atoms with van der Waals surface area (Å²) < 4.78 is 70.0. The SMILES string of the molecule is CN1/C(=C/C=C2\CC/C(=C\C=C3\N(C)c4ccc(S(=O)(=O)O)cc4C3(C)C)C2=[N+](c2ccccc2)c2ccccc2)C(C)(C)c2cc(S(=O)(=O)O)ccc21. The molecule has 0 atom stereocenters. The second-order valence-electron chi connectivity index (χ2n) is 15.0. The molecule has 0 bridgehead atoms. The van der Waals surface area contributed by atoms with E-state index in [-0.39, 0.29) is 9.79 Å². The number of fused-ring (bicyclic) bond motifs is 2. The Morgan fingerprint density at radius 3 is 1.30 bits per heavy atom. The summed E-state index contributed by atoms with van der Waals surface area (Å²) in [6.45, 7) is 8.23. The highest BCUT2D eigenvalue weighted by atomic mass is 32.2. The van der Waals surface area contributed by atoms with Crippen LogP contribution in [0.4, 0.5) is 22.7 Å². The van der Waals surface area contributed by atoms with E-state index in [1.54, 1.807) is 24.3 Å². The van der Waals surface area contributed by atoms with Gasteiger partial charge in [0.25, 0.3) is 20.2 Å². The Hall–Kier alpha value is -5.07. The van der Waals surface area contributed by atoms with E-state index in [0.717, 1.165) is 75.0 Å². The normalized spacial score (nSPS) is 20.7. The molecule has 2 aliphatic heterocycles. The van der Waals surface area contributed by atoms with Crippen molar-refractivity contribution in [3.63, 3.8) is 0 Å². The van der Waals surface area contributed by atoms with Crippen LogP contribution in [0.5, 0.6) is 0 Å². The number of hydrogen-bond acceptors (Lipinski definition) is 6. The lowest BCUT2D eigenvalue weighted by Crippen LogP contribution is -2.23. The van der Waals surface area contributed by atoms with Crippen LogP contribution >= 0.6 is 0 Å². The monoisotopic (exact) mass is 762 g/mol. The minimum absolute atomic E-state index is 0.128. The van der Waals surface area contributed by atoms with E-state index in [2.05, 4.69) is 90.6 Å². The quantitative estimate of drug-likeness (QED) is 0.148. The third kappa shape index (κ3) is 6.45. The summed E-state index contributed by atoms with van der Waals surface area (Å²) in [6, 6.07) is 30.0. The summed E-state index contributed by atoms with van der Waals surface area (Å²) in [4.78, 5) is 3.89. The summed E-state index contributed by atoms with van der Waals surface area (Å²) in [7, 11) is -4.78. The number of anilines is 2. The predicted molar refractivity (Wildman–Crippen MR) is 216 cm³/mol. The Bertz CT molecular complexity index is 2390. The third-order valence-electron chi connectivity index (χ3n) is 11.0. The highest BCUT2D eigenvalue weighted by Gasteiger charge is 2.41. The van der Waals surface area contributed by atoms with Gasteiger partial charge in [-0.1, -0.05) is 76.2 Å². The fourth-order valence-electron chi connectivity index (χ4n) is 8.20. The third-order valence-corrected chi connectivity index (χ3v) is 12.7. The first-order valence-electron chi connectivity index (χ1n) is 17.7. The molecule has 3 aliphatic rings. The van der Waals surface area contributed by atoms with E-state index >= 15 is 0 Å². The number of allylic oxidation sites excluding steroid dienone is 8. The number of hydrogen-bond donors (Lipinski definition) is 2. The number of nitrogens with zero attached hydrogens (tertiary/aromatic N) is 3. The smallest absolute Gasteiger partial charge is 0.294 e. The molecular weight excluding hydrogens is 719 g/mol. The first-order valence-corrected chi connectivity index (χ1v) is 20.6. The minimum atomic E-state index is -4.36. The van der Waals surface area contributed by atoms with Gasteiger partial charge in [0.05, 0.1) is 9.79 Å². The first-order chi connectivity index (χ1) is 25.4. The number of benzene rings is 4. The largest absolute Gasteiger partial charge is 0.347 e. The molecule has 278 valence electrons. The van der Waals surface area contributed by atoms with E-state index in [1.165, 1.54) is 12.1 Å². The van der Waals surface area contributed by atoms with Gasteiger partial charge in [-0.25, -0.2) is 0 Å². The molecule has 0 amide bonds. The lowest BCUT2D eigenvalue weighted by molar-refractivity contribution is 0.480. The zero-order valence-corrected chi connectivity index (χ0v) is 32.8. The molecule has 0 radical (unpaired) electrons. The maximum Gasteiger partial charge on any atom is 0.294 e. The van der Waals surface area contributed by atoms with Gasteiger partial charge >= 0.3 is 0 Å². The molecule has 54 heavy (non-hydrogen) atoms. The van der Waals surface area contributed by atoms with Crippen LogP contribution in [0, 0.1) is 0 Å². The Kier molecular flexibility index (Phi) is 9.21. The average molecular weight is 763 g/mol. The maximum atomic E-state index is 12.0. The van der Waals surface area contributed by atoms with Gasteiger partial charge < -0.3 is 9.80 Å². The molecule has 0 aromatic heterocycles. The van der Waals surface area contributed by atoms with Crippen molar-refractivity contribution >= 4 is 48.7 Å². The van der Waals surface area contributed by atoms with Crippen LogP contribution in [0.2, 0.25) is 0 Å². The molecule has 0 spiro atoms. The molecule has 1 aliphatic carbocycles. The van der Waals surface area contributed by atoms with Crippen molar-refractivity contribution < 1.29 is 25.9 Å². The fourth-order valence-corrected chi connectivity index (χ4v) is 9.21. The van der Waals surface area contributed by atoms with Gasteiger partial charge in [0.2, 0.25) is 17.1 Å². The molecule has 0 unspecified atom stereocenters. The topological polar surface area (TPSA) is 118 Å². The number of para-hydroxylation sites is 2. The highest BCUT2D eigenvalue weighted by Crippen LogP contribution is 2.49. The minimum Gasteiger partial charge on any atom is -0.347 e. The van der Waals surface area contributed by atoms with Gasteiger partial charge in [-0.15, -0.1) is 0 Å². The lowest BCUT2D eigenvalue weighted by atomic mass is 9.83. The first kappa shape index (κ1) is 37.3.